The molecule has 0 saturated carbocycles. The van der Waals surface area contributed by atoms with Crippen LogP contribution in [0.25, 0.3) is 11.1 Å². The van der Waals surface area contributed by atoms with Gasteiger partial charge in [0.25, 0.3) is 0 Å². The van der Waals surface area contributed by atoms with Crippen LogP contribution < -0.4 is 9.75 Å². The Morgan fingerprint density at radius 1 is 0.725 bits per heavy atom. The highest BCUT2D eigenvalue weighted by molar-refractivity contribution is 6.03. The summed E-state index contributed by atoms with van der Waals surface area (Å²) in [5.74, 6) is 0.868. The topological polar surface area (TPSA) is 34.1 Å². The number of hydrogen-bond donors (Lipinski definition) is 0. The number of ether oxygens (including phenoxy) is 2. The molecule has 0 amide bonds. The summed E-state index contributed by atoms with van der Waals surface area (Å²) in [5.41, 5.74) is 6.42. The van der Waals surface area contributed by atoms with Gasteiger partial charge in [0.2, 0.25) is 0 Å². The van der Waals surface area contributed by atoms with Gasteiger partial charge >= 0.3 is 0 Å². The van der Waals surface area contributed by atoms with Gasteiger partial charge in [0.15, 0.2) is 0 Å². The van der Waals surface area contributed by atoms with Crippen molar-refractivity contribution in [2.24, 2.45) is 5.10 Å². The van der Waals surface area contributed by atoms with E-state index in [0.29, 0.717) is 6.61 Å². The summed E-state index contributed by atoms with van der Waals surface area (Å²) in [6.07, 6.45) is 1.62. The maximum Gasteiger partial charge on any atom is 0.120 e. The lowest BCUT2D eigenvalue weighted by Crippen LogP contribution is -2.32. The van der Waals surface area contributed by atoms with Gasteiger partial charge in [-0.25, -0.2) is 0 Å². The molecule has 0 radical (unpaired) electrons. The lowest BCUT2D eigenvalue weighted by Gasteiger charge is -2.29. The van der Waals surface area contributed by atoms with Gasteiger partial charge in [-0.3, -0.25) is 5.01 Å². The van der Waals surface area contributed by atoms with E-state index >= 15 is 0 Å². The monoisotopic (exact) mass is 532 g/mol. The number of hydrazone groups is 1. The molecule has 0 fully saturated rings. The zero-order valence-corrected chi connectivity index (χ0v) is 24.3. The highest BCUT2D eigenvalue weighted by atomic mass is 16.5. The Morgan fingerprint density at radius 2 is 1.35 bits per heavy atom. The van der Waals surface area contributed by atoms with E-state index in [1.165, 1.54) is 16.7 Å². The minimum atomic E-state index is -0.346. The molecule has 5 rings (SSSR count). The molecule has 1 atom stereocenters. The molecule has 4 nitrogen and oxygen atoms in total. The highest BCUT2D eigenvalue weighted by Crippen LogP contribution is 2.38. The van der Waals surface area contributed by atoms with Crippen molar-refractivity contribution in [1.82, 2.24) is 0 Å². The van der Waals surface area contributed by atoms with Crippen LogP contribution >= 0.6 is 0 Å². The Balaban J connectivity index is 1.37. The molecule has 0 aromatic heterocycles. The fraction of sp³-hybridized carbons (Fsp3) is 0.306. The van der Waals surface area contributed by atoms with E-state index in [4.69, 9.17) is 14.6 Å². The van der Waals surface area contributed by atoms with Crippen molar-refractivity contribution in [3.63, 3.8) is 0 Å². The van der Waals surface area contributed by atoms with Crippen LogP contribution in [0.5, 0.6) is 5.75 Å². The minimum absolute atomic E-state index is 0.0714. The van der Waals surface area contributed by atoms with Crippen LogP contribution in [-0.2, 0) is 4.74 Å². The molecule has 0 spiro atoms. The van der Waals surface area contributed by atoms with Crippen molar-refractivity contribution in [2.75, 3.05) is 11.6 Å². The van der Waals surface area contributed by atoms with Gasteiger partial charge < -0.3 is 9.47 Å². The van der Waals surface area contributed by atoms with Gasteiger partial charge in [-0.15, -0.1) is 0 Å². The second kappa shape index (κ2) is 11.7. The van der Waals surface area contributed by atoms with Crippen molar-refractivity contribution in [1.29, 1.82) is 0 Å². The van der Waals surface area contributed by atoms with Crippen LogP contribution in [0, 0.1) is 0 Å². The Labute approximate surface area is 239 Å². The molecule has 1 aliphatic heterocycles. The largest absolute Gasteiger partial charge is 0.488 e. The summed E-state index contributed by atoms with van der Waals surface area (Å²) in [4.78, 5) is 0. The van der Waals surface area contributed by atoms with Crippen LogP contribution in [-0.4, -0.2) is 23.5 Å². The number of benzene rings is 4. The average Bonchev–Trinajstić information content (AvgIpc) is 3.39. The Morgan fingerprint density at radius 3 is 2.02 bits per heavy atom. The van der Waals surface area contributed by atoms with E-state index in [1.807, 2.05) is 18.2 Å². The first-order chi connectivity index (χ1) is 19.2. The highest BCUT2D eigenvalue weighted by Gasteiger charge is 2.31. The molecule has 0 N–H and O–H groups in total. The van der Waals surface area contributed by atoms with E-state index < -0.39 is 0 Å². The van der Waals surface area contributed by atoms with Gasteiger partial charge in [0.05, 0.1) is 29.6 Å². The van der Waals surface area contributed by atoms with Crippen LogP contribution in [0.1, 0.15) is 64.6 Å². The summed E-state index contributed by atoms with van der Waals surface area (Å²) < 4.78 is 12.4. The molecule has 4 aromatic rings. The first kappa shape index (κ1) is 27.7. The van der Waals surface area contributed by atoms with E-state index in [1.54, 1.807) is 0 Å². The molecule has 1 heterocycles. The third kappa shape index (κ3) is 7.00. The fourth-order valence-corrected chi connectivity index (χ4v) is 5.01. The summed E-state index contributed by atoms with van der Waals surface area (Å²) >= 11 is 0. The van der Waals surface area contributed by atoms with Gasteiger partial charge in [0.1, 0.15) is 11.4 Å². The van der Waals surface area contributed by atoms with Gasteiger partial charge in [-0.2, -0.15) is 5.10 Å². The maximum absolute atomic E-state index is 6.49. The summed E-state index contributed by atoms with van der Waals surface area (Å²) in [5, 5.41) is 7.30. The molecule has 40 heavy (non-hydrogen) atoms. The SMILES string of the molecule is CC(C)(C)OCCC(C)(C)Oc1cccc(C2CC(c3ccc(-c4ccccc4)cc3)=NN2c2ccccc2)c1. The molecule has 206 valence electrons. The van der Waals surface area contributed by atoms with Crippen molar-refractivity contribution < 1.29 is 9.47 Å². The lowest BCUT2D eigenvalue weighted by molar-refractivity contribution is -0.0292. The molecule has 4 aromatic carbocycles. The quantitative estimate of drug-likeness (QED) is 0.216. The first-order valence-corrected chi connectivity index (χ1v) is 14.2. The summed E-state index contributed by atoms with van der Waals surface area (Å²) in [7, 11) is 0. The smallest absolute Gasteiger partial charge is 0.120 e. The van der Waals surface area contributed by atoms with Crippen LogP contribution in [0.4, 0.5) is 5.69 Å². The number of hydrogen-bond acceptors (Lipinski definition) is 4. The van der Waals surface area contributed by atoms with Crippen molar-refractivity contribution in [3.05, 3.63) is 120 Å². The zero-order chi connectivity index (χ0) is 28.2. The van der Waals surface area contributed by atoms with Crippen molar-refractivity contribution in [2.45, 2.75) is 64.7 Å². The molecule has 0 saturated heterocycles. The van der Waals surface area contributed by atoms with Crippen LogP contribution in [0.2, 0.25) is 0 Å². The molecule has 4 heteroatoms. The van der Waals surface area contributed by atoms with E-state index in [9.17, 15) is 0 Å². The van der Waals surface area contributed by atoms with Crippen molar-refractivity contribution in [3.8, 4) is 16.9 Å². The number of para-hydroxylation sites is 1. The Hall–Kier alpha value is -3.89. The average molecular weight is 533 g/mol. The second-order valence-electron chi connectivity index (χ2n) is 12.0. The van der Waals surface area contributed by atoms with E-state index in [-0.39, 0.29) is 17.2 Å². The molecule has 0 aliphatic carbocycles. The minimum Gasteiger partial charge on any atom is -0.488 e. The van der Waals surface area contributed by atoms with Crippen LogP contribution in [0.3, 0.4) is 0 Å². The second-order valence-corrected chi connectivity index (χ2v) is 12.0. The third-order valence-corrected chi connectivity index (χ3v) is 7.13. The molecular formula is C36H40N2O2. The van der Waals surface area contributed by atoms with E-state index in [0.717, 1.165) is 35.6 Å². The zero-order valence-electron chi connectivity index (χ0n) is 24.3. The standard InChI is InChI=1S/C36H40N2O2/c1-35(2,3)39-24-23-36(4,5)40-32-18-12-15-30(25-32)34-26-33(37-38(34)31-16-10-7-11-17-31)29-21-19-28(20-22-29)27-13-8-6-9-14-27/h6-22,25,34H,23-24,26H2,1-5H3. The molecular weight excluding hydrogens is 492 g/mol. The first-order valence-electron chi connectivity index (χ1n) is 14.2. The summed E-state index contributed by atoms with van der Waals surface area (Å²) in [6, 6.07) is 38.2. The third-order valence-electron chi connectivity index (χ3n) is 7.13. The van der Waals surface area contributed by atoms with Gasteiger partial charge in [-0.05, 0) is 81.1 Å². The van der Waals surface area contributed by atoms with Gasteiger partial charge in [-0.1, -0.05) is 84.9 Å². The Kier molecular flexibility index (Phi) is 8.09. The fourth-order valence-electron chi connectivity index (χ4n) is 5.01. The predicted molar refractivity (Wildman–Crippen MR) is 166 cm³/mol. The number of nitrogens with zero attached hydrogens (tertiary/aromatic N) is 2. The summed E-state index contributed by atoms with van der Waals surface area (Å²) in [6.45, 7) is 11.1. The number of rotatable bonds is 9. The van der Waals surface area contributed by atoms with Gasteiger partial charge in [0, 0.05) is 12.8 Å². The maximum atomic E-state index is 6.49. The van der Waals surface area contributed by atoms with Crippen LogP contribution in [0.15, 0.2) is 114 Å². The van der Waals surface area contributed by atoms with E-state index in [2.05, 4.69) is 131 Å². The molecule has 1 unspecified atom stereocenters. The predicted octanol–water partition coefficient (Wildman–Crippen LogP) is 9.07. The molecule has 0 bridgehead atoms. The number of anilines is 1. The Bertz CT molecular complexity index is 1420. The molecule has 1 aliphatic rings. The van der Waals surface area contributed by atoms with Crippen molar-refractivity contribution >= 4 is 11.4 Å². The lowest BCUT2D eigenvalue weighted by atomic mass is 9.96. The normalized spacial score (nSPS) is 15.7.